The molecule has 3 atom stereocenters. The number of hydrogen-bond acceptors (Lipinski definition) is 3. The summed E-state index contributed by atoms with van der Waals surface area (Å²) in [5.41, 5.74) is 0. The fraction of sp³-hybridized carbons (Fsp3) is 0.889. The Labute approximate surface area is 84.6 Å². The topological polar surface area (TPSA) is 38.3 Å². The third-order valence-electron chi connectivity index (χ3n) is 3.20. The monoisotopic (exact) mass is 205 g/mol. The molecule has 3 nitrogen and oxygen atoms in total. The fourth-order valence-electron chi connectivity index (χ4n) is 2.57. The molecule has 0 radical (unpaired) electrons. The highest BCUT2D eigenvalue weighted by atomic mass is 35.5. The van der Waals surface area contributed by atoms with Crippen molar-refractivity contribution in [3.8, 4) is 0 Å². The summed E-state index contributed by atoms with van der Waals surface area (Å²) in [5.74, 6) is 1.20. The lowest BCUT2D eigenvalue weighted by Gasteiger charge is -2.14. The minimum Gasteiger partial charge on any atom is -0.468 e. The van der Waals surface area contributed by atoms with Crippen molar-refractivity contribution in [2.24, 2.45) is 11.8 Å². The highest BCUT2D eigenvalue weighted by Gasteiger charge is 2.42. The third-order valence-corrected chi connectivity index (χ3v) is 3.20. The Hall–Kier alpha value is -0.280. The molecular formula is C9H16ClNO2. The van der Waals surface area contributed by atoms with Crippen molar-refractivity contribution in [1.82, 2.24) is 5.32 Å². The molecule has 2 fully saturated rings. The molecule has 0 unspecified atom stereocenters. The molecule has 2 aliphatic rings. The highest BCUT2D eigenvalue weighted by Crippen LogP contribution is 2.37. The van der Waals surface area contributed by atoms with Crippen molar-refractivity contribution < 1.29 is 9.53 Å². The molecule has 1 saturated heterocycles. The smallest absolute Gasteiger partial charge is 0.323 e. The van der Waals surface area contributed by atoms with Gasteiger partial charge in [-0.1, -0.05) is 6.42 Å². The Balaban J connectivity index is 0.000000845. The number of esters is 1. The zero-order valence-corrected chi connectivity index (χ0v) is 8.60. The molecule has 1 aliphatic heterocycles. The van der Waals surface area contributed by atoms with Crippen LogP contribution in [0.5, 0.6) is 0 Å². The van der Waals surface area contributed by atoms with Crippen LogP contribution in [0.15, 0.2) is 0 Å². The highest BCUT2D eigenvalue weighted by molar-refractivity contribution is 5.85. The van der Waals surface area contributed by atoms with Crippen molar-refractivity contribution in [1.29, 1.82) is 0 Å². The van der Waals surface area contributed by atoms with Gasteiger partial charge in [0.15, 0.2) is 0 Å². The Morgan fingerprint density at radius 1 is 1.46 bits per heavy atom. The van der Waals surface area contributed by atoms with E-state index in [1.54, 1.807) is 0 Å². The summed E-state index contributed by atoms with van der Waals surface area (Å²) in [6.07, 6.45) is 3.76. The average Bonchev–Trinajstić information content (AvgIpc) is 2.62. The first kappa shape index (κ1) is 10.8. The number of nitrogens with one attached hydrogen (secondary N) is 1. The summed E-state index contributed by atoms with van der Waals surface area (Å²) in [4.78, 5) is 11.3. The molecule has 0 bridgehead atoms. The lowest BCUT2D eigenvalue weighted by molar-refractivity contribution is -0.143. The van der Waals surface area contributed by atoms with Crippen LogP contribution in [-0.2, 0) is 9.53 Å². The van der Waals surface area contributed by atoms with E-state index in [-0.39, 0.29) is 24.4 Å². The maximum absolute atomic E-state index is 11.3. The maximum Gasteiger partial charge on any atom is 0.323 e. The summed E-state index contributed by atoms with van der Waals surface area (Å²) in [5, 5.41) is 3.23. The molecule has 0 aromatic heterocycles. The van der Waals surface area contributed by atoms with Gasteiger partial charge in [0.2, 0.25) is 0 Å². The van der Waals surface area contributed by atoms with Crippen molar-refractivity contribution in [3.05, 3.63) is 0 Å². The minimum absolute atomic E-state index is 0. The summed E-state index contributed by atoms with van der Waals surface area (Å²) < 4.78 is 4.74. The van der Waals surface area contributed by atoms with Gasteiger partial charge in [0.1, 0.15) is 6.04 Å². The Morgan fingerprint density at radius 3 is 2.92 bits per heavy atom. The van der Waals surface area contributed by atoms with E-state index in [2.05, 4.69) is 5.32 Å². The normalized spacial score (nSPS) is 36.5. The molecule has 0 spiro atoms. The van der Waals surface area contributed by atoms with E-state index in [1.165, 1.54) is 26.4 Å². The Morgan fingerprint density at radius 2 is 2.23 bits per heavy atom. The van der Waals surface area contributed by atoms with Crippen LogP contribution < -0.4 is 5.32 Å². The summed E-state index contributed by atoms with van der Waals surface area (Å²) in [6.45, 7) is 1.00. The SMILES string of the molecule is COC(=O)[C@@H]1NC[C@H]2CCC[C@H]21.Cl. The number of methoxy groups -OCH3 is 1. The molecule has 4 heteroatoms. The molecule has 13 heavy (non-hydrogen) atoms. The van der Waals surface area contributed by atoms with Crippen LogP contribution in [0.2, 0.25) is 0 Å². The van der Waals surface area contributed by atoms with Crippen molar-refractivity contribution in [2.45, 2.75) is 25.3 Å². The van der Waals surface area contributed by atoms with Gasteiger partial charge in [0.25, 0.3) is 0 Å². The van der Waals surface area contributed by atoms with Gasteiger partial charge in [-0.2, -0.15) is 0 Å². The molecule has 0 amide bonds. The van der Waals surface area contributed by atoms with Gasteiger partial charge >= 0.3 is 5.97 Å². The van der Waals surface area contributed by atoms with Crippen LogP contribution in [0, 0.1) is 11.8 Å². The van der Waals surface area contributed by atoms with E-state index in [9.17, 15) is 4.79 Å². The molecule has 0 aromatic carbocycles. The number of halogens is 1. The number of hydrogen-bond donors (Lipinski definition) is 1. The Kier molecular flexibility index (Phi) is 3.56. The van der Waals surface area contributed by atoms with Crippen LogP contribution in [0.25, 0.3) is 0 Å². The summed E-state index contributed by atoms with van der Waals surface area (Å²) >= 11 is 0. The third kappa shape index (κ3) is 1.81. The molecule has 1 N–H and O–H groups in total. The second-order valence-corrected chi connectivity index (χ2v) is 3.76. The standard InChI is InChI=1S/C9H15NO2.ClH/c1-12-9(11)8-7-4-2-3-6(7)5-10-8;/h6-8,10H,2-5H2,1H3;1H/t6-,7-,8-;/m1./s1. The minimum atomic E-state index is -0.0793. The number of carbonyl (C=O) groups excluding carboxylic acids is 1. The molecule has 1 heterocycles. The summed E-state index contributed by atoms with van der Waals surface area (Å²) in [6, 6.07) is -0.0116. The van der Waals surface area contributed by atoms with E-state index in [4.69, 9.17) is 4.74 Å². The predicted octanol–water partition coefficient (Wildman–Crippen LogP) is 0.969. The van der Waals surface area contributed by atoms with E-state index in [1.807, 2.05) is 0 Å². The quantitative estimate of drug-likeness (QED) is 0.649. The van der Waals surface area contributed by atoms with Gasteiger partial charge in [-0.15, -0.1) is 12.4 Å². The second kappa shape index (κ2) is 4.29. The number of fused-ring (bicyclic) bond motifs is 1. The first-order valence-corrected chi connectivity index (χ1v) is 4.64. The summed E-state index contributed by atoms with van der Waals surface area (Å²) in [7, 11) is 1.46. The number of ether oxygens (including phenoxy) is 1. The lowest BCUT2D eigenvalue weighted by Crippen LogP contribution is -2.36. The predicted molar refractivity (Wildman–Crippen MR) is 51.9 cm³/mol. The van der Waals surface area contributed by atoms with Crippen LogP contribution in [0.1, 0.15) is 19.3 Å². The lowest BCUT2D eigenvalue weighted by atomic mass is 9.94. The molecular weight excluding hydrogens is 190 g/mol. The number of rotatable bonds is 1. The maximum atomic E-state index is 11.3. The van der Waals surface area contributed by atoms with Gasteiger partial charge < -0.3 is 10.1 Å². The second-order valence-electron chi connectivity index (χ2n) is 3.76. The zero-order valence-electron chi connectivity index (χ0n) is 7.79. The zero-order chi connectivity index (χ0) is 8.55. The van der Waals surface area contributed by atoms with Crippen LogP contribution in [0.3, 0.4) is 0 Å². The Bertz CT molecular complexity index is 198. The van der Waals surface area contributed by atoms with Crippen LogP contribution >= 0.6 is 12.4 Å². The van der Waals surface area contributed by atoms with Crippen LogP contribution in [0.4, 0.5) is 0 Å². The fourth-order valence-corrected chi connectivity index (χ4v) is 2.57. The van der Waals surface area contributed by atoms with Crippen molar-refractivity contribution in [2.75, 3.05) is 13.7 Å². The van der Waals surface area contributed by atoms with E-state index in [0.717, 1.165) is 12.5 Å². The molecule has 2 rings (SSSR count). The van der Waals surface area contributed by atoms with Crippen molar-refractivity contribution in [3.63, 3.8) is 0 Å². The van der Waals surface area contributed by atoms with Gasteiger partial charge in [-0.3, -0.25) is 4.79 Å². The van der Waals surface area contributed by atoms with Gasteiger partial charge in [0, 0.05) is 0 Å². The van der Waals surface area contributed by atoms with Gasteiger partial charge in [-0.25, -0.2) is 0 Å². The molecule has 1 aliphatic carbocycles. The first-order valence-electron chi connectivity index (χ1n) is 4.64. The average molecular weight is 206 g/mol. The van der Waals surface area contributed by atoms with Crippen molar-refractivity contribution >= 4 is 18.4 Å². The first-order chi connectivity index (χ1) is 5.83. The molecule has 1 saturated carbocycles. The van der Waals surface area contributed by atoms with E-state index < -0.39 is 0 Å². The van der Waals surface area contributed by atoms with E-state index in [0.29, 0.717) is 5.92 Å². The largest absolute Gasteiger partial charge is 0.468 e. The van der Waals surface area contributed by atoms with Gasteiger partial charge in [0.05, 0.1) is 7.11 Å². The van der Waals surface area contributed by atoms with Crippen LogP contribution in [-0.4, -0.2) is 25.7 Å². The van der Waals surface area contributed by atoms with Gasteiger partial charge in [-0.05, 0) is 31.2 Å². The molecule has 76 valence electrons. The van der Waals surface area contributed by atoms with E-state index >= 15 is 0 Å². The molecule has 0 aromatic rings. The number of carbonyl (C=O) groups is 1.